The van der Waals surface area contributed by atoms with E-state index < -0.39 is 17.2 Å². The molecule has 4 rings (SSSR count). The second-order valence-electron chi connectivity index (χ2n) is 6.50. The predicted molar refractivity (Wildman–Crippen MR) is 67.0 cm³/mol. The van der Waals surface area contributed by atoms with Gasteiger partial charge in [-0.2, -0.15) is 0 Å². The molecule has 0 saturated heterocycles. The Hall–Kier alpha value is -0.870. The Balaban J connectivity index is 0.000000174. The van der Waals surface area contributed by atoms with Crippen LogP contribution in [-0.2, 0) is 4.79 Å². The maximum atomic E-state index is 10.1. The third-order valence-corrected chi connectivity index (χ3v) is 4.36. The zero-order valence-electron chi connectivity index (χ0n) is 10.9. The topological polar surface area (TPSA) is 77.8 Å². The normalized spacial score (nSPS) is 44.2. The molecule has 0 spiro atoms. The van der Waals surface area contributed by atoms with Gasteiger partial charge in [-0.3, -0.25) is 0 Å². The summed E-state index contributed by atoms with van der Waals surface area (Å²) in [6, 6.07) is 0. The molecule has 102 valence electrons. The van der Waals surface area contributed by atoms with Crippen LogP contribution in [0.25, 0.3) is 0 Å². The average Bonchev–Trinajstić information content (AvgIpc) is 2.11. The van der Waals surface area contributed by atoms with E-state index in [1.54, 1.807) is 0 Å². The minimum absolute atomic E-state index is 0.176. The van der Waals surface area contributed by atoms with Crippen LogP contribution in [0.3, 0.4) is 0 Å². The largest absolute Gasteiger partial charge is 0.478 e. The number of carboxylic acid groups (broad SMARTS) is 1. The first-order valence-corrected chi connectivity index (χ1v) is 6.55. The molecule has 4 fully saturated rings. The standard InChI is InChI=1S/C10H16O2.C4H6O2/c11-9-2-7-1-8(4-9)5-10(12,3-7)6-9;1-3(2)4(5)6/h7-8,11-12H,1-6H2;1H2,2H3,(H,5,6). The summed E-state index contributed by atoms with van der Waals surface area (Å²) in [4.78, 5) is 9.60. The van der Waals surface area contributed by atoms with Crippen molar-refractivity contribution in [3.63, 3.8) is 0 Å². The van der Waals surface area contributed by atoms with Gasteiger partial charge < -0.3 is 15.3 Å². The fourth-order valence-electron chi connectivity index (χ4n) is 4.17. The lowest BCUT2D eigenvalue weighted by Gasteiger charge is -2.58. The van der Waals surface area contributed by atoms with Gasteiger partial charge in [0.05, 0.1) is 11.2 Å². The highest BCUT2D eigenvalue weighted by atomic mass is 16.4. The number of carboxylic acids is 1. The summed E-state index contributed by atoms with van der Waals surface area (Å²) in [6.45, 7) is 4.60. The van der Waals surface area contributed by atoms with E-state index in [4.69, 9.17) is 5.11 Å². The summed E-state index contributed by atoms with van der Waals surface area (Å²) < 4.78 is 0. The molecule has 0 radical (unpaired) electrons. The molecular formula is C14H22O4. The molecule has 0 amide bonds. The molecular weight excluding hydrogens is 232 g/mol. The molecule has 4 bridgehead atoms. The quantitative estimate of drug-likeness (QED) is 0.622. The fourth-order valence-corrected chi connectivity index (χ4v) is 4.17. The van der Waals surface area contributed by atoms with Crippen LogP contribution in [0.2, 0.25) is 0 Å². The van der Waals surface area contributed by atoms with Crippen LogP contribution in [0.1, 0.15) is 45.4 Å². The van der Waals surface area contributed by atoms with Gasteiger partial charge in [0.2, 0.25) is 0 Å². The SMILES string of the molecule is C=C(C)C(=O)O.OC12CC3CC(C1)CC(O)(C3)C2. The Kier molecular flexibility index (Phi) is 3.28. The minimum atomic E-state index is -0.935. The minimum Gasteiger partial charge on any atom is -0.478 e. The average molecular weight is 254 g/mol. The first-order valence-electron chi connectivity index (χ1n) is 6.55. The Morgan fingerprint density at radius 1 is 1.11 bits per heavy atom. The van der Waals surface area contributed by atoms with Crippen molar-refractivity contribution >= 4 is 5.97 Å². The summed E-state index contributed by atoms with van der Waals surface area (Å²) in [7, 11) is 0. The van der Waals surface area contributed by atoms with Crippen molar-refractivity contribution in [3.8, 4) is 0 Å². The van der Waals surface area contributed by atoms with Crippen molar-refractivity contribution in [3.05, 3.63) is 12.2 Å². The van der Waals surface area contributed by atoms with Gasteiger partial charge in [0.15, 0.2) is 0 Å². The summed E-state index contributed by atoms with van der Waals surface area (Å²) in [5, 5.41) is 28.1. The molecule has 4 saturated carbocycles. The molecule has 0 aromatic rings. The number of hydrogen-bond acceptors (Lipinski definition) is 3. The van der Waals surface area contributed by atoms with Gasteiger partial charge in [0, 0.05) is 12.0 Å². The fraction of sp³-hybridized carbons (Fsp3) is 0.786. The number of rotatable bonds is 1. The van der Waals surface area contributed by atoms with Crippen LogP contribution in [0.5, 0.6) is 0 Å². The van der Waals surface area contributed by atoms with E-state index in [2.05, 4.69) is 6.58 Å². The monoisotopic (exact) mass is 254 g/mol. The summed E-state index contributed by atoms with van der Waals surface area (Å²) in [5.41, 5.74) is -0.799. The number of hydrogen-bond donors (Lipinski definition) is 3. The van der Waals surface area contributed by atoms with Gasteiger partial charge in [0.25, 0.3) is 0 Å². The van der Waals surface area contributed by atoms with Crippen LogP contribution < -0.4 is 0 Å². The smallest absolute Gasteiger partial charge is 0.330 e. The molecule has 18 heavy (non-hydrogen) atoms. The van der Waals surface area contributed by atoms with E-state index in [-0.39, 0.29) is 5.57 Å². The first kappa shape index (κ1) is 13.6. The van der Waals surface area contributed by atoms with E-state index in [9.17, 15) is 15.0 Å². The predicted octanol–water partition coefficient (Wildman–Crippen LogP) is 1.71. The molecule has 0 aromatic heterocycles. The van der Waals surface area contributed by atoms with E-state index in [0.717, 1.165) is 25.7 Å². The van der Waals surface area contributed by atoms with Gasteiger partial charge >= 0.3 is 5.97 Å². The van der Waals surface area contributed by atoms with Crippen LogP contribution in [0.15, 0.2) is 12.2 Å². The van der Waals surface area contributed by atoms with E-state index in [1.165, 1.54) is 13.3 Å². The van der Waals surface area contributed by atoms with Crippen LogP contribution in [0, 0.1) is 11.8 Å². The summed E-state index contributed by atoms with van der Waals surface area (Å²) >= 11 is 0. The lowest BCUT2D eigenvalue weighted by Crippen LogP contribution is -2.58. The molecule has 4 aliphatic carbocycles. The number of aliphatic carboxylic acids is 1. The molecule has 4 aliphatic rings. The molecule has 0 atom stereocenters. The van der Waals surface area contributed by atoms with Crippen molar-refractivity contribution in [2.45, 2.75) is 56.7 Å². The zero-order valence-corrected chi connectivity index (χ0v) is 10.9. The highest BCUT2D eigenvalue weighted by molar-refractivity contribution is 5.84. The highest BCUT2D eigenvalue weighted by Gasteiger charge is 2.56. The lowest BCUT2D eigenvalue weighted by atomic mass is 9.52. The van der Waals surface area contributed by atoms with Crippen molar-refractivity contribution in [1.82, 2.24) is 0 Å². The van der Waals surface area contributed by atoms with Crippen LogP contribution in [0.4, 0.5) is 0 Å². The molecule has 0 unspecified atom stereocenters. The Labute approximate surface area is 107 Å². The van der Waals surface area contributed by atoms with Crippen molar-refractivity contribution < 1.29 is 20.1 Å². The molecule has 0 aromatic carbocycles. The van der Waals surface area contributed by atoms with Crippen molar-refractivity contribution in [2.75, 3.05) is 0 Å². The Morgan fingerprint density at radius 2 is 1.44 bits per heavy atom. The summed E-state index contributed by atoms with van der Waals surface area (Å²) in [5.74, 6) is 0.289. The van der Waals surface area contributed by atoms with Crippen LogP contribution in [-0.4, -0.2) is 32.5 Å². The maximum absolute atomic E-state index is 10.1. The highest BCUT2D eigenvalue weighted by Crippen LogP contribution is 2.57. The molecule has 4 nitrogen and oxygen atoms in total. The number of carbonyl (C=O) groups is 1. The van der Waals surface area contributed by atoms with Crippen molar-refractivity contribution in [2.24, 2.45) is 11.8 Å². The molecule has 3 N–H and O–H groups in total. The third-order valence-electron chi connectivity index (χ3n) is 4.36. The Bertz CT molecular complexity index is 328. The van der Waals surface area contributed by atoms with Gasteiger partial charge in [-0.15, -0.1) is 0 Å². The number of aliphatic hydroxyl groups is 2. The molecule has 0 heterocycles. The van der Waals surface area contributed by atoms with Crippen LogP contribution >= 0.6 is 0 Å². The maximum Gasteiger partial charge on any atom is 0.330 e. The lowest BCUT2D eigenvalue weighted by molar-refractivity contribution is -0.198. The van der Waals surface area contributed by atoms with E-state index in [1.807, 2.05) is 0 Å². The van der Waals surface area contributed by atoms with E-state index >= 15 is 0 Å². The Morgan fingerprint density at radius 3 is 1.67 bits per heavy atom. The third kappa shape index (κ3) is 2.75. The van der Waals surface area contributed by atoms with Gasteiger partial charge in [0.1, 0.15) is 0 Å². The van der Waals surface area contributed by atoms with Gasteiger partial charge in [-0.1, -0.05) is 6.58 Å². The first-order chi connectivity index (χ1) is 8.21. The second kappa shape index (κ2) is 4.35. The molecule has 0 aliphatic heterocycles. The van der Waals surface area contributed by atoms with Crippen molar-refractivity contribution in [1.29, 1.82) is 0 Å². The summed E-state index contributed by atoms with van der Waals surface area (Å²) in [6.07, 6.45) is 5.70. The molecule has 4 heteroatoms. The van der Waals surface area contributed by atoms with Gasteiger partial charge in [-0.25, -0.2) is 4.79 Å². The second-order valence-corrected chi connectivity index (χ2v) is 6.50. The van der Waals surface area contributed by atoms with Gasteiger partial charge in [-0.05, 0) is 50.9 Å². The van der Waals surface area contributed by atoms with E-state index in [0.29, 0.717) is 18.3 Å². The zero-order chi connectivity index (χ0) is 13.6.